The molecule has 0 aliphatic carbocycles. The van der Waals surface area contributed by atoms with Crippen molar-refractivity contribution >= 4 is 6.08 Å². The van der Waals surface area contributed by atoms with Crippen LogP contribution < -0.4 is 5.48 Å². The summed E-state index contributed by atoms with van der Waals surface area (Å²) in [5.74, 6) is 0. The van der Waals surface area contributed by atoms with Gasteiger partial charge in [-0.3, -0.25) is 10.3 Å². The molecule has 0 aromatic heterocycles. The first-order valence-electron chi connectivity index (χ1n) is 6.23. The highest BCUT2D eigenvalue weighted by Crippen LogP contribution is 2.03. The van der Waals surface area contributed by atoms with Gasteiger partial charge in [-0.25, -0.2) is 0 Å². The molecule has 0 spiro atoms. The molecule has 0 unspecified atom stereocenters. The Morgan fingerprint density at radius 1 is 1.05 bits per heavy atom. The summed E-state index contributed by atoms with van der Waals surface area (Å²) in [5, 5.41) is 0. The molecule has 96 valence electrons. The van der Waals surface area contributed by atoms with Crippen molar-refractivity contribution in [1.29, 1.82) is 0 Å². The van der Waals surface area contributed by atoms with Crippen molar-refractivity contribution in [3.8, 4) is 0 Å². The number of hydroxylamine groups is 1. The number of aryl methyl sites for hydroxylation is 1. The Bertz CT molecular complexity index is 552. The van der Waals surface area contributed by atoms with Crippen molar-refractivity contribution in [3.63, 3.8) is 0 Å². The van der Waals surface area contributed by atoms with Crippen molar-refractivity contribution < 1.29 is 4.84 Å². The lowest BCUT2D eigenvalue weighted by Gasteiger charge is -2.02. The van der Waals surface area contributed by atoms with Gasteiger partial charge in [-0.05, 0) is 24.1 Å². The maximum atomic E-state index is 5.31. The molecule has 0 bridgehead atoms. The summed E-state index contributed by atoms with van der Waals surface area (Å²) in [7, 11) is 0. The van der Waals surface area contributed by atoms with E-state index in [1.165, 1.54) is 5.56 Å². The molecule has 0 amide bonds. The summed E-state index contributed by atoms with van der Waals surface area (Å²) in [4.78, 5) is 5.31. The van der Waals surface area contributed by atoms with E-state index in [0.717, 1.165) is 11.1 Å². The van der Waals surface area contributed by atoms with Crippen LogP contribution in [-0.2, 0) is 11.4 Å². The molecule has 2 rings (SSSR count). The normalized spacial score (nSPS) is 9.53. The summed E-state index contributed by atoms with van der Waals surface area (Å²) < 4.78 is 0. The summed E-state index contributed by atoms with van der Waals surface area (Å²) in [6.07, 6.45) is 3.55. The highest BCUT2D eigenvalue weighted by molar-refractivity contribution is 5.47. The van der Waals surface area contributed by atoms with Crippen molar-refractivity contribution in [2.45, 2.75) is 13.5 Å². The van der Waals surface area contributed by atoms with Crippen molar-refractivity contribution in [3.05, 3.63) is 83.2 Å². The second-order valence-corrected chi connectivity index (χ2v) is 4.26. The van der Waals surface area contributed by atoms with Gasteiger partial charge in [0.25, 0.3) is 0 Å². The Labute approximate surface area is 114 Å². The molecule has 0 saturated carbocycles. The summed E-state index contributed by atoms with van der Waals surface area (Å²) in [6.45, 7) is 2.60. The standard InChI is InChI=1S/C17H17NO/c1-15-9-11-17(12-10-15)14-19-18-13-5-8-16-6-3-2-4-7-16/h2-4,6-13,18H,14H2,1H3. The van der Waals surface area contributed by atoms with Gasteiger partial charge in [0.1, 0.15) is 0 Å². The molecule has 0 aliphatic rings. The first-order valence-corrected chi connectivity index (χ1v) is 6.23. The largest absolute Gasteiger partial charge is 0.271 e. The van der Waals surface area contributed by atoms with Crippen molar-refractivity contribution in [1.82, 2.24) is 5.48 Å². The fourth-order valence-corrected chi connectivity index (χ4v) is 1.57. The Kier molecular flexibility index (Phi) is 5.00. The van der Waals surface area contributed by atoms with E-state index >= 15 is 0 Å². The van der Waals surface area contributed by atoms with Gasteiger partial charge in [-0.15, -0.1) is 5.73 Å². The molecule has 19 heavy (non-hydrogen) atoms. The molecule has 0 saturated heterocycles. The van der Waals surface area contributed by atoms with Crippen molar-refractivity contribution in [2.75, 3.05) is 0 Å². The zero-order valence-electron chi connectivity index (χ0n) is 11.0. The second kappa shape index (κ2) is 7.22. The van der Waals surface area contributed by atoms with Gasteiger partial charge in [-0.2, -0.15) is 0 Å². The second-order valence-electron chi connectivity index (χ2n) is 4.26. The van der Waals surface area contributed by atoms with Crippen LogP contribution in [0.3, 0.4) is 0 Å². The molecule has 1 N–H and O–H groups in total. The van der Waals surface area contributed by atoms with Gasteiger partial charge in [0.15, 0.2) is 0 Å². The Morgan fingerprint density at radius 3 is 2.53 bits per heavy atom. The van der Waals surface area contributed by atoms with E-state index in [0.29, 0.717) is 6.61 Å². The fourth-order valence-electron chi connectivity index (χ4n) is 1.57. The van der Waals surface area contributed by atoms with Crippen molar-refractivity contribution in [2.24, 2.45) is 0 Å². The lowest BCUT2D eigenvalue weighted by molar-refractivity contribution is 0.0577. The van der Waals surface area contributed by atoms with E-state index in [2.05, 4.69) is 42.4 Å². The number of hydrogen-bond donors (Lipinski definition) is 1. The number of rotatable bonds is 5. The third kappa shape index (κ3) is 4.84. The summed E-state index contributed by atoms with van der Waals surface area (Å²) in [5.41, 5.74) is 9.26. The first-order chi connectivity index (χ1) is 9.34. The maximum Gasteiger partial charge on any atom is 0.0996 e. The predicted octanol–water partition coefficient (Wildman–Crippen LogP) is 3.84. The average Bonchev–Trinajstić information content (AvgIpc) is 2.46. The van der Waals surface area contributed by atoms with Crippen LogP contribution in [-0.4, -0.2) is 0 Å². The minimum atomic E-state index is 0.532. The van der Waals surface area contributed by atoms with Crippen LogP contribution in [0.5, 0.6) is 0 Å². The van der Waals surface area contributed by atoms with Crippen LogP contribution in [0.2, 0.25) is 0 Å². The quantitative estimate of drug-likeness (QED) is 0.495. The van der Waals surface area contributed by atoms with Gasteiger partial charge in [0, 0.05) is 0 Å². The van der Waals surface area contributed by atoms with E-state index in [4.69, 9.17) is 4.84 Å². The van der Waals surface area contributed by atoms with Crippen LogP contribution in [0.1, 0.15) is 16.7 Å². The third-order valence-electron chi connectivity index (χ3n) is 2.63. The zero-order chi connectivity index (χ0) is 13.3. The van der Waals surface area contributed by atoms with E-state index in [-0.39, 0.29) is 0 Å². The van der Waals surface area contributed by atoms with Crippen LogP contribution in [0.15, 0.2) is 66.5 Å². The molecule has 0 fully saturated rings. The molecule has 2 aromatic rings. The van der Waals surface area contributed by atoms with Crippen LogP contribution >= 0.6 is 0 Å². The number of benzene rings is 2. The Balaban J connectivity index is 1.75. The van der Waals surface area contributed by atoms with Gasteiger partial charge in [0.2, 0.25) is 0 Å². The molecule has 0 aliphatic heterocycles. The lowest BCUT2D eigenvalue weighted by Crippen LogP contribution is -2.05. The smallest absolute Gasteiger partial charge is 0.0996 e. The van der Waals surface area contributed by atoms with Gasteiger partial charge >= 0.3 is 0 Å². The molecule has 2 aromatic carbocycles. The Hall–Kier alpha value is -2.28. The van der Waals surface area contributed by atoms with E-state index in [1.54, 1.807) is 6.20 Å². The van der Waals surface area contributed by atoms with Gasteiger partial charge in [-0.1, -0.05) is 60.2 Å². The zero-order valence-corrected chi connectivity index (χ0v) is 11.0. The SMILES string of the molecule is Cc1ccc(CONC=C=Cc2ccccc2)cc1. The molecule has 0 heterocycles. The highest BCUT2D eigenvalue weighted by Gasteiger charge is 1.90. The molecule has 0 atom stereocenters. The third-order valence-corrected chi connectivity index (χ3v) is 2.63. The minimum absolute atomic E-state index is 0.532. The maximum absolute atomic E-state index is 5.31. The van der Waals surface area contributed by atoms with E-state index in [9.17, 15) is 0 Å². The van der Waals surface area contributed by atoms with Gasteiger partial charge < -0.3 is 0 Å². The van der Waals surface area contributed by atoms with Crippen LogP contribution in [0, 0.1) is 6.92 Å². The summed E-state index contributed by atoms with van der Waals surface area (Å²) >= 11 is 0. The predicted molar refractivity (Wildman–Crippen MR) is 78.1 cm³/mol. The molecule has 2 nitrogen and oxygen atoms in total. The highest BCUT2D eigenvalue weighted by atomic mass is 16.6. The van der Waals surface area contributed by atoms with E-state index < -0.39 is 0 Å². The molecule has 2 heteroatoms. The fraction of sp³-hybridized carbons (Fsp3) is 0.118. The monoisotopic (exact) mass is 251 g/mol. The molecular formula is C17H17NO. The summed E-state index contributed by atoms with van der Waals surface area (Å²) in [6, 6.07) is 18.3. The lowest BCUT2D eigenvalue weighted by atomic mass is 10.2. The molecular weight excluding hydrogens is 234 g/mol. The number of nitrogens with one attached hydrogen (secondary N) is 1. The topological polar surface area (TPSA) is 21.3 Å². The first kappa shape index (κ1) is 13.2. The van der Waals surface area contributed by atoms with Crippen LogP contribution in [0.4, 0.5) is 0 Å². The molecule has 0 radical (unpaired) electrons. The number of hydrogen-bond acceptors (Lipinski definition) is 2. The minimum Gasteiger partial charge on any atom is -0.271 e. The van der Waals surface area contributed by atoms with Gasteiger partial charge in [0.05, 0.1) is 12.8 Å². The average molecular weight is 251 g/mol. The van der Waals surface area contributed by atoms with E-state index in [1.807, 2.05) is 36.4 Å². The van der Waals surface area contributed by atoms with Crippen LogP contribution in [0.25, 0.3) is 6.08 Å². The Morgan fingerprint density at radius 2 is 1.79 bits per heavy atom.